The van der Waals surface area contributed by atoms with Gasteiger partial charge in [-0.2, -0.15) is 0 Å². The van der Waals surface area contributed by atoms with Gasteiger partial charge < -0.3 is 79.9 Å². The molecule has 15 atom stereocenters. The zero-order valence-corrected chi connectivity index (χ0v) is 17.7. The maximum Gasteiger partial charge on any atom is 0.187 e. The predicted octanol–water partition coefficient (Wildman–Crippen LogP) is -7.57. The molecule has 0 aromatic rings. The number of hydrogen-bond donors (Lipinski definition) is 11. The Morgan fingerprint density at radius 2 is 0.912 bits per heavy atom. The van der Waals surface area contributed by atoms with Crippen molar-refractivity contribution in [2.75, 3.05) is 19.8 Å². The van der Waals surface area contributed by atoms with Gasteiger partial charge in [-0.05, 0) is 0 Å². The van der Waals surface area contributed by atoms with Crippen LogP contribution < -0.4 is 0 Å². The number of aliphatic hydroxyl groups is 11. The smallest absolute Gasteiger partial charge is 0.187 e. The summed E-state index contributed by atoms with van der Waals surface area (Å²) >= 11 is 0. The van der Waals surface area contributed by atoms with Gasteiger partial charge in [0.25, 0.3) is 0 Å². The predicted molar refractivity (Wildman–Crippen MR) is 101 cm³/mol. The molecule has 34 heavy (non-hydrogen) atoms. The van der Waals surface area contributed by atoms with E-state index in [2.05, 4.69) is 0 Å². The van der Waals surface area contributed by atoms with E-state index in [1.165, 1.54) is 0 Å². The average molecular weight is 504 g/mol. The molecule has 0 radical (unpaired) electrons. The largest absolute Gasteiger partial charge is 0.394 e. The second-order valence-corrected chi connectivity index (χ2v) is 8.33. The molecule has 16 heteroatoms. The van der Waals surface area contributed by atoms with Gasteiger partial charge in [0.05, 0.1) is 19.8 Å². The average Bonchev–Trinajstić information content (AvgIpc) is 2.83. The lowest BCUT2D eigenvalue weighted by Gasteiger charge is -2.48. The van der Waals surface area contributed by atoms with Crippen molar-refractivity contribution >= 4 is 0 Å². The first-order valence-corrected chi connectivity index (χ1v) is 10.6. The Balaban J connectivity index is 1.84. The Morgan fingerprint density at radius 1 is 0.441 bits per heavy atom. The van der Waals surface area contributed by atoms with Gasteiger partial charge in [0.1, 0.15) is 73.2 Å². The van der Waals surface area contributed by atoms with Gasteiger partial charge >= 0.3 is 0 Å². The quantitative estimate of drug-likeness (QED) is 0.154. The highest BCUT2D eigenvalue weighted by Gasteiger charge is 2.53. The molecule has 0 saturated carbocycles. The normalized spacial score (nSPS) is 52.5. The van der Waals surface area contributed by atoms with E-state index in [9.17, 15) is 56.2 Å². The van der Waals surface area contributed by atoms with Crippen LogP contribution in [0.25, 0.3) is 0 Å². The third kappa shape index (κ3) is 5.37. The van der Waals surface area contributed by atoms with Gasteiger partial charge in [0, 0.05) is 0 Å². The summed E-state index contributed by atoms with van der Waals surface area (Å²) in [4.78, 5) is 0. The van der Waals surface area contributed by atoms with Crippen LogP contribution in [0.15, 0.2) is 0 Å². The summed E-state index contributed by atoms with van der Waals surface area (Å²) < 4.78 is 26.5. The van der Waals surface area contributed by atoms with Crippen LogP contribution in [-0.2, 0) is 23.7 Å². The molecule has 3 aliphatic rings. The van der Waals surface area contributed by atoms with Gasteiger partial charge in [-0.25, -0.2) is 0 Å². The molecular weight excluding hydrogens is 472 g/mol. The number of ether oxygens (including phenoxy) is 5. The molecule has 0 aliphatic carbocycles. The van der Waals surface area contributed by atoms with Crippen LogP contribution in [0.5, 0.6) is 0 Å². The molecule has 3 aliphatic heterocycles. The van der Waals surface area contributed by atoms with Crippen molar-refractivity contribution in [3.63, 3.8) is 0 Å². The molecule has 0 aromatic carbocycles. The summed E-state index contributed by atoms with van der Waals surface area (Å²) in [5, 5.41) is 110. The zero-order valence-electron chi connectivity index (χ0n) is 17.7. The SMILES string of the molecule is OC[C@H]1OC(O)[C@H](O)[C@@H](O[C@@H]2O[C@H](CO)[C@@H](O)[C@H](O)[C@H]2O[C@@H]2O[C@H](CO)[C@@H](O)[C@H](O)[C@H]2O)[C@H]1O. The van der Waals surface area contributed by atoms with Crippen molar-refractivity contribution < 1.29 is 79.9 Å². The van der Waals surface area contributed by atoms with E-state index < -0.39 is 112 Å². The number of aliphatic hydroxyl groups excluding tert-OH is 11. The summed E-state index contributed by atoms with van der Waals surface area (Å²) in [7, 11) is 0. The standard InChI is InChI=1S/C18H32O16/c19-1-4-7(22)10(25)12(27)17(31-4)34-15-11(26)8(23)5(2-20)32-18(15)33-14-9(24)6(3-21)30-16(29)13(14)28/h4-29H,1-3H2/t4-,5-,6-,7-,8-,9+,10+,11+,12-,13-,14+,15-,16?,17+,18+/m1/s1. The van der Waals surface area contributed by atoms with Crippen molar-refractivity contribution in [1.82, 2.24) is 0 Å². The first kappa shape index (κ1) is 27.9. The summed E-state index contributed by atoms with van der Waals surface area (Å²) in [5.74, 6) is 0. The molecule has 0 amide bonds. The lowest BCUT2D eigenvalue weighted by Crippen LogP contribution is -2.67. The molecule has 3 heterocycles. The highest BCUT2D eigenvalue weighted by atomic mass is 16.8. The fourth-order valence-corrected chi connectivity index (χ4v) is 4.03. The van der Waals surface area contributed by atoms with Gasteiger partial charge in [-0.15, -0.1) is 0 Å². The molecule has 0 bridgehead atoms. The van der Waals surface area contributed by atoms with E-state index in [4.69, 9.17) is 23.7 Å². The fourth-order valence-electron chi connectivity index (χ4n) is 4.03. The molecule has 0 aromatic heterocycles. The van der Waals surface area contributed by atoms with Gasteiger partial charge in [-0.1, -0.05) is 0 Å². The van der Waals surface area contributed by atoms with E-state index in [0.717, 1.165) is 0 Å². The summed E-state index contributed by atoms with van der Waals surface area (Å²) in [5.41, 5.74) is 0. The Labute approximate surface area is 192 Å². The monoisotopic (exact) mass is 504 g/mol. The van der Waals surface area contributed by atoms with Crippen LogP contribution in [-0.4, -0.2) is 168 Å². The Kier molecular flexibility index (Phi) is 9.54. The highest BCUT2D eigenvalue weighted by Crippen LogP contribution is 2.32. The van der Waals surface area contributed by atoms with Crippen LogP contribution in [0.1, 0.15) is 0 Å². The summed E-state index contributed by atoms with van der Waals surface area (Å²) in [6.07, 6.45) is -25.7. The van der Waals surface area contributed by atoms with Crippen LogP contribution in [0.2, 0.25) is 0 Å². The lowest BCUT2D eigenvalue weighted by atomic mass is 9.96. The van der Waals surface area contributed by atoms with Crippen LogP contribution >= 0.6 is 0 Å². The van der Waals surface area contributed by atoms with E-state index in [1.54, 1.807) is 0 Å². The van der Waals surface area contributed by atoms with E-state index >= 15 is 0 Å². The Bertz CT molecular complexity index is 639. The molecule has 11 N–H and O–H groups in total. The molecule has 0 spiro atoms. The zero-order chi connectivity index (χ0) is 25.3. The highest BCUT2D eigenvalue weighted by molar-refractivity contribution is 4.96. The first-order valence-electron chi connectivity index (χ1n) is 10.6. The lowest BCUT2D eigenvalue weighted by molar-refractivity contribution is -0.387. The molecular formula is C18H32O16. The van der Waals surface area contributed by atoms with E-state index in [-0.39, 0.29) is 0 Å². The van der Waals surface area contributed by atoms with Gasteiger partial charge in [0.2, 0.25) is 0 Å². The minimum absolute atomic E-state index is 0.762. The summed E-state index contributed by atoms with van der Waals surface area (Å²) in [6.45, 7) is -2.34. The van der Waals surface area contributed by atoms with E-state index in [1.807, 2.05) is 0 Å². The molecule has 3 rings (SSSR count). The second-order valence-electron chi connectivity index (χ2n) is 8.33. The van der Waals surface area contributed by atoms with Crippen LogP contribution in [0.3, 0.4) is 0 Å². The van der Waals surface area contributed by atoms with E-state index in [0.29, 0.717) is 0 Å². The van der Waals surface area contributed by atoms with Crippen molar-refractivity contribution in [2.45, 2.75) is 92.1 Å². The third-order valence-corrected chi connectivity index (χ3v) is 6.10. The Morgan fingerprint density at radius 3 is 1.47 bits per heavy atom. The molecule has 200 valence electrons. The second kappa shape index (κ2) is 11.6. The molecule has 1 unspecified atom stereocenters. The van der Waals surface area contributed by atoms with Crippen molar-refractivity contribution in [1.29, 1.82) is 0 Å². The summed E-state index contributed by atoms with van der Waals surface area (Å²) in [6, 6.07) is 0. The van der Waals surface area contributed by atoms with Gasteiger partial charge in [-0.3, -0.25) is 0 Å². The van der Waals surface area contributed by atoms with Crippen LogP contribution in [0, 0.1) is 0 Å². The maximum absolute atomic E-state index is 10.6. The van der Waals surface area contributed by atoms with Crippen LogP contribution in [0.4, 0.5) is 0 Å². The fraction of sp³-hybridized carbons (Fsp3) is 1.00. The maximum atomic E-state index is 10.6. The Hall–Kier alpha value is -0.640. The van der Waals surface area contributed by atoms with Crippen molar-refractivity contribution in [3.8, 4) is 0 Å². The minimum atomic E-state index is -1.89. The number of rotatable bonds is 7. The molecule has 16 nitrogen and oxygen atoms in total. The minimum Gasteiger partial charge on any atom is -0.394 e. The topological polar surface area (TPSA) is 269 Å². The molecule has 3 saturated heterocycles. The van der Waals surface area contributed by atoms with Crippen molar-refractivity contribution in [3.05, 3.63) is 0 Å². The van der Waals surface area contributed by atoms with Gasteiger partial charge in [0.15, 0.2) is 18.9 Å². The molecule has 3 fully saturated rings. The number of hydrogen-bond acceptors (Lipinski definition) is 16. The third-order valence-electron chi connectivity index (χ3n) is 6.10. The first-order chi connectivity index (χ1) is 16.0. The van der Waals surface area contributed by atoms with Crippen molar-refractivity contribution in [2.24, 2.45) is 0 Å².